The lowest BCUT2D eigenvalue weighted by atomic mass is 10.4. The van der Waals surface area contributed by atoms with E-state index in [9.17, 15) is 9.13 Å². The molecule has 0 atom stereocenters. The summed E-state index contributed by atoms with van der Waals surface area (Å²) >= 11 is 0. The van der Waals surface area contributed by atoms with Crippen LogP contribution in [0, 0.1) is 0 Å². The molecule has 30 nitrogen and oxygen atoms in total. The zero-order chi connectivity index (χ0) is 58.6. The SMILES string of the molecule is C1CNCCNCCNCCN1.C1CNCCNCCNCCN1.C1CNCCNCCNCCN1.C1CNCCNCCNCCN1.C1CNCCNCCNCCN1.C1CNCCNCCNCCN1.O=P(O)(O)CP(=O)(O)O. The molecule has 0 spiro atoms. The normalized spacial score (nSPS) is 22.9. The van der Waals surface area contributed by atoms with Crippen molar-refractivity contribution in [2.45, 2.75) is 0 Å². The van der Waals surface area contributed by atoms with E-state index < -0.39 is 21.1 Å². The van der Waals surface area contributed by atoms with Gasteiger partial charge in [-0.1, -0.05) is 0 Å². The zero-order valence-electron chi connectivity index (χ0n) is 50.1. The quantitative estimate of drug-likeness (QED) is 0.114. The summed E-state index contributed by atoms with van der Waals surface area (Å²) in [7, 11) is -9.10. The predicted molar refractivity (Wildman–Crippen MR) is 338 cm³/mol. The molecule has 0 aromatic carbocycles. The Balaban J connectivity index is 0.000000924. The molecule has 0 aromatic rings. The van der Waals surface area contributed by atoms with Gasteiger partial charge in [-0.15, -0.1) is 0 Å². The first-order valence-corrected chi connectivity index (χ1v) is 34.4. The van der Waals surface area contributed by atoms with Crippen molar-refractivity contribution in [2.75, 3.05) is 320 Å². The lowest BCUT2D eigenvalue weighted by Crippen LogP contribution is -2.39. The highest BCUT2D eigenvalue weighted by Gasteiger charge is 2.26. The van der Waals surface area contributed by atoms with E-state index in [2.05, 4.69) is 128 Å². The maximum atomic E-state index is 9.85. The Hall–Kier alpha value is -0.660. The van der Waals surface area contributed by atoms with Crippen LogP contribution in [0.1, 0.15) is 0 Å². The van der Waals surface area contributed by atoms with Crippen LogP contribution in [0.5, 0.6) is 0 Å². The molecule has 0 radical (unpaired) electrons. The van der Waals surface area contributed by atoms with Crippen LogP contribution in [0.25, 0.3) is 0 Å². The highest BCUT2D eigenvalue weighted by atomic mass is 31.2. The first-order valence-electron chi connectivity index (χ1n) is 30.8. The van der Waals surface area contributed by atoms with E-state index in [4.69, 9.17) is 19.6 Å². The van der Waals surface area contributed by atoms with E-state index in [0.717, 1.165) is 314 Å². The average molecular weight is 1210 g/mol. The number of hydrogen-bond donors (Lipinski definition) is 28. The fourth-order valence-electron chi connectivity index (χ4n) is 7.48. The summed E-state index contributed by atoms with van der Waals surface area (Å²) in [5.74, 6) is -1.38. The lowest BCUT2D eigenvalue weighted by molar-refractivity contribution is 0.356. The van der Waals surface area contributed by atoms with Crippen LogP contribution in [0.4, 0.5) is 0 Å². The van der Waals surface area contributed by atoms with Crippen molar-refractivity contribution in [3.05, 3.63) is 0 Å². The maximum absolute atomic E-state index is 9.85. The van der Waals surface area contributed by atoms with Crippen molar-refractivity contribution >= 4 is 15.2 Å². The van der Waals surface area contributed by atoms with Crippen LogP contribution < -0.4 is 128 Å². The van der Waals surface area contributed by atoms with Gasteiger partial charge in [0.2, 0.25) is 0 Å². The molecule has 6 saturated heterocycles. The van der Waals surface area contributed by atoms with E-state index in [-0.39, 0.29) is 0 Å². The topological polar surface area (TPSA) is 404 Å². The van der Waals surface area contributed by atoms with Crippen molar-refractivity contribution in [3.63, 3.8) is 0 Å². The Kier molecular flexibility index (Phi) is 67.9. The van der Waals surface area contributed by atoms with Crippen molar-refractivity contribution < 1.29 is 28.7 Å². The summed E-state index contributed by atoms with van der Waals surface area (Å²) in [4.78, 5) is 31.9. The highest BCUT2D eigenvalue weighted by Crippen LogP contribution is 2.51. The summed E-state index contributed by atoms with van der Waals surface area (Å²) in [5, 5.41) is 80.6. The molecule has 6 heterocycles. The number of hydrogen-bond acceptors (Lipinski definition) is 26. The Labute approximate surface area is 490 Å². The molecule has 6 fully saturated rings. The lowest BCUT2D eigenvalue weighted by Gasteiger charge is -2.11. The fraction of sp³-hybridized carbons (Fsp3) is 1.00. The molecule has 6 aliphatic heterocycles. The van der Waals surface area contributed by atoms with Crippen molar-refractivity contribution in [2.24, 2.45) is 0 Å². The van der Waals surface area contributed by atoms with Gasteiger partial charge in [-0.2, -0.15) is 0 Å². The summed E-state index contributed by atoms with van der Waals surface area (Å²) in [6.45, 7) is 51.4. The summed E-state index contributed by atoms with van der Waals surface area (Å²) in [6.07, 6.45) is 0. The standard InChI is InChI=1S/6C8H20N4.CH6O6P2/c6*1-2-10-5-6-12-8-7-11-4-3-9-1;2-8(3,4)1-9(5,6)7/h6*9-12H,1-8H2;1H2,(H2,2,3,4)(H2,5,6,7). The van der Waals surface area contributed by atoms with Crippen LogP contribution in [-0.4, -0.2) is 340 Å². The molecular weight excluding hydrogens is 1080 g/mol. The first-order chi connectivity index (χ1) is 39.7. The van der Waals surface area contributed by atoms with Gasteiger partial charge >= 0.3 is 15.2 Å². The second-order valence-corrected chi connectivity index (χ2v) is 23.3. The third-order valence-electron chi connectivity index (χ3n) is 11.9. The molecule has 6 aliphatic rings. The smallest absolute Gasteiger partial charge is 0.324 e. The fourth-order valence-corrected chi connectivity index (χ4v) is 9.40. The second-order valence-electron chi connectivity index (χ2n) is 19.5. The Bertz CT molecular complexity index is 839. The van der Waals surface area contributed by atoms with E-state index in [1.54, 1.807) is 0 Å². The largest absolute Gasteiger partial charge is 0.337 e. The van der Waals surface area contributed by atoms with Crippen LogP contribution >= 0.6 is 15.2 Å². The maximum Gasteiger partial charge on any atom is 0.337 e. The van der Waals surface area contributed by atoms with E-state index in [1.807, 2.05) is 0 Å². The molecule has 0 amide bonds. The van der Waals surface area contributed by atoms with Crippen molar-refractivity contribution in [1.29, 1.82) is 0 Å². The van der Waals surface area contributed by atoms with Crippen LogP contribution in [-0.2, 0) is 9.13 Å². The molecular formula is C49H126N24O6P2. The third-order valence-corrected chi connectivity index (χ3v) is 14.8. The molecule has 32 heteroatoms. The molecule has 6 rings (SSSR count). The average Bonchev–Trinajstić information content (AvgIpc) is 3.40. The number of nitrogens with one attached hydrogen (secondary N) is 24. The third kappa shape index (κ3) is 79.3. The summed E-state index contributed by atoms with van der Waals surface area (Å²) in [6, 6.07) is 0. The van der Waals surface area contributed by atoms with Crippen LogP contribution in [0.15, 0.2) is 0 Å². The zero-order valence-corrected chi connectivity index (χ0v) is 51.9. The molecule has 0 aliphatic carbocycles. The number of rotatable bonds is 2. The Morgan fingerprint density at radius 1 is 0.148 bits per heavy atom. The molecule has 488 valence electrons. The summed E-state index contributed by atoms with van der Waals surface area (Å²) < 4.78 is 19.7. The second kappa shape index (κ2) is 68.5. The predicted octanol–water partition coefficient (Wildman–Crippen LogP) is -10.6. The minimum absolute atomic E-state index is 1.07. The van der Waals surface area contributed by atoms with Gasteiger partial charge in [-0.25, -0.2) is 0 Å². The minimum atomic E-state index is -4.55. The van der Waals surface area contributed by atoms with Crippen LogP contribution in [0.3, 0.4) is 0 Å². The molecule has 81 heavy (non-hydrogen) atoms. The van der Waals surface area contributed by atoms with E-state index in [0.29, 0.717) is 0 Å². The van der Waals surface area contributed by atoms with Gasteiger partial charge in [0.05, 0.1) is 0 Å². The van der Waals surface area contributed by atoms with Gasteiger partial charge in [0, 0.05) is 314 Å². The molecule has 0 unspecified atom stereocenters. The molecule has 0 saturated carbocycles. The minimum Gasteiger partial charge on any atom is -0.324 e. The Morgan fingerprint density at radius 2 is 0.198 bits per heavy atom. The van der Waals surface area contributed by atoms with Crippen molar-refractivity contribution in [1.82, 2.24) is 128 Å². The summed E-state index contributed by atoms with van der Waals surface area (Å²) in [5.41, 5.74) is 0. The van der Waals surface area contributed by atoms with E-state index >= 15 is 0 Å². The molecule has 0 aromatic heterocycles. The Morgan fingerprint density at radius 3 is 0.222 bits per heavy atom. The molecule has 0 bridgehead atoms. The van der Waals surface area contributed by atoms with Gasteiger partial charge in [0.1, 0.15) is 0 Å². The monoisotopic (exact) mass is 1210 g/mol. The van der Waals surface area contributed by atoms with Gasteiger partial charge in [0.25, 0.3) is 0 Å². The first kappa shape index (κ1) is 80.3. The van der Waals surface area contributed by atoms with E-state index in [1.165, 1.54) is 0 Å². The highest BCUT2D eigenvalue weighted by molar-refractivity contribution is 7.69. The molecule has 28 N–H and O–H groups in total. The van der Waals surface area contributed by atoms with Gasteiger partial charge in [0.15, 0.2) is 5.90 Å². The van der Waals surface area contributed by atoms with Crippen molar-refractivity contribution in [3.8, 4) is 0 Å². The van der Waals surface area contributed by atoms with Gasteiger partial charge in [-0.05, 0) is 0 Å². The van der Waals surface area contributed by atoms with Gasteiger partial charge < -0.3 is 147 Å². The van der Waals surface area contributed by atoms with Crippen LogP contribution in [0.2, 0.25) is 0 Å². The van der Waals surface area contributed by atoms with Gasteiger partial charge in [-0.3, -0.25) is 9.13 Å².